The molecule has 3 rings (SSSR count). The maximum Gasteiger partial charge on any atom is 0.274 e. The van der Waals surface area contributed by atoms with E-state index >= 15 is 0 Å². The Morgan fingerprint density at radius 3 is 3.05 bits per heavy atom. The number of hydrogen-bond acceptors (Lipinski definition) is 3. The number of carbonyl (C=O) groups excluding carboxylic acids is 1. The van der Waals surface area contributed by atoms with E-state index in [1.807, 2.05) is 31.2 Å². The molecule has 0 radical (unpaired) electrons. The van der Waals surface area contributed by atoms with Crippen LogP contribution in [0.1, 0.15) is 46.3 Å². The number of aromatic nitrogens is 1. The number of nitrogens with one attached hydrogen (secondary N) is 1. The Bertz CT molecular complexity index is 661. The third kappa shape index (κ3) is 2.84. The van der Waals surface area contributed by atoms with E-state index in [0.717, 1.165) is 36.1 Å². The van der Waals surface area contributed by atoms with Crippen LogP contribution in [0, 0.1) is 12.8 Å². The largest absolute Gasteiger partial charge is 0.360 e. The molecular weight excluding hydrogens is 264 g/mol. The van der Waals surface area contributed by atoms with Gasteiger partial charge in [0.2, 0.25) is 0 Å². The van der Waals surface area contributed by atoms with E-state index in [-0.39, 0.29) is 5.91 Å². The summed E-state index contributed by atoms with van der Waals surface area (Å²) in [5.41, 5.74) is 3.76. The van der Waals surface area contributed by atoms with Crippen LogP contribution in [0.2, 0.25) is 0 Å². The minimum atomic E-state index is -0.141. The highest BCUT2D eigenvalue weighted by Gasteiger charge is 2.26. The van der Waals surface area contributed by atoms with Gasteiger partial charge < -0.3 is 9.84 Å². The van der Waals surface area contributed by atoms with Gasteiger partial charge in [0.05, 0.1) is 0 Å². The fourth-order valence-corrected chi connectivity index (χ4v) is 2.82. The van der Waals surface area contributed by atoms with Crippen LogP contribution < -0.4 is 5.32 Å². The molecule has 0 aliphatic heterocycles. The molecule has 4 heteroatoms. The van der Waals surface area contributed by atoms with Gasteiger partial charge in [-0.15, -0.1) is 0 Å². The van der Waals surface area contributed by atoms with Crippen molar-refractivity contribution in [3.63, 3.8) is 0 Å². The molecule has 1 aliphatic rings. The number of benzene rings is 1. The van der Waals surface area contributed by atoms with Crippen molar-refractivity contribution in [1.82, 2.24) is 10.5 Å². The third-order valence-corrected chi connectivity index (χ3v) is 4.20. The monoisotopic (exact) mass is 284 g/mol. The van der Waals surface area contributed by atoms with Crippen LogP contribution in [0.3, 0.4) is 0 Å². The van der Waals surface area contributed by atoms with Gasteiger partial charge in [-0.3, -0.25) is 4.79 Å². The van der Waals surface area contributed by atoms with Gasteiger partial charge in [0.15, 0.2) is 5.69 Å². The van der Waals surface area contributed by atoms with Gasteiger partial charge in [0.25, 0.3) is 5.91 Å². The number of nitrogens with zero attached hydrogens (tertiary/aromatic N) is 1. The molecule has 1 aromatic carbocycles. The first kappa shape index (κ1) is 13.9. The number of amides is 1. The van der Waals surface area contributed by atoms with E-state index in [4.69, 9.17) is 4.52 Å². The van der Waals surface area contributed by atoms with Crippen LogP contribution in [0.5, 0.6) is 0 Å². The van der Waals surface area contributed by atoms with Crippen LogP contribution in [-0.2, 0) is 19.4 Å². The Morgan fingerprint density at radius 1 is 1.43 bits per heavy atom. The molecule has 0 bridgehead atoms. The Kier molecular flexibility index (Phi) is 3.78. The quantitative estimate of drug-likeness (QED) is 0.942. The predicted octanol–water partition coefficient (Wildman–Crippen LogP) is 3.04. The summed E-state index contributed by atoms with van der Waals surface area (Å²) in [7, 11) is 0. The topological polar surface area (TPSA) is 55.1 Å². The molecule has 1 amide bonds. The summed E-state index contributed by atoms with van der Waals surface area (Å²) >= 11 is 0. The van der Waals surface area contributed by atoms with Gasteiger partial charge in [0.1, 0.15) is 5.76 Å². The minimum absolute atomic E-state index is 0.141. The van der Waals surface area contributed by atoms with Gasteiger partial charge in [-0.25, -0.2) is 0 Å². The first-order chi connectivity index (χ1) is 10.1. The fourth-order valence-electron chi connectivity index (χ4n) is 2.82. The van der Waals surface area contributed by atoms with Gasteiger partial charge in [0, 0.05) is 18.5 Å². The molecule has 1 N–H and O–H groups in total. The molecule has 1 heterocycles. The molecule has 1 aromatic heterocycles. The van der Waals surface area contributed by atoms with Crippen molar-refractivity contribution in [3.05, 3.63) is 52.4 Å². The first-order valence-corrected chi connectivity index (χ1v) is 7.45. The Morgan fingerprint density at radius 2 is 2.24 bits per heavy atom. The van der Waals surface area contributed by atoms with Crippen LogP contribution in [0.25, 0.3) is 0 Å². The van der Waals surface area contributed by atoms with Crippen LogP contribution in [-0.4, -0.2) is 11.1 Å². The molecule has 1 aliphatic carbocycles. The van der Waals surface area contributed by atoms with Crippen molar-refractivity contribution < 1.29 is 9.32 Å². The maximum atomic E-state index is 12.3. The second-order valence-electron chi connectivity index (χ2n) is 5.89. The molecule has 1 unspecified atom stereocenters. The molecular formula is C17H20N2O2. The number of fused-ring (bicyclic) bond motifs is 1. The van der Waals surface area contributed by atoms with E-state index in [1.165, 1.54) is 5.56 Å². The van der Waals surface area contributed by atoms with Gasteiger partial charge in [-0.1, -0.05) is 36.3 Å². The Hall–Kier alpha value is -2.10. The molecule has 0 fully saturated rings. The summed E-state index contributed by atoms with van der Waals surface area (Å²) in [4.78, 5) is 12.3. The first-order valence-electron chi connectivity index (χ1n) is 7.45. The zero-order valence-electron chi connectivity index (χ0n) is 12.5. The summed E-state index contributed by atoms with van der Waals surface area (Å²) < 4.78 is 5.32. The summed E-state index contributed by atoms with van der Waals surface area (Å²) in [6.07, 6.45) is 2.87. The normalized spacial score (nSPS) is 17.3. The van der Waals surface area contributed by atoms with Gasteiger partial charge >= 0.3 is 0 Å². The summed E-state index contributed by atoms with van der Waals surface area (Å²) in [6, 6.07) is 8.04. The third-order valence-electron chi connectivity index (χ3n) is 4.20. The van der Waals surface area contributed by atoms with Gasteiger partial charge in [-0.05, 0) is 36.8 Å². The maximum absolute atomic E-state index is 12.3. The summed E-state index contributed by atoms with van der Waals surface area (Å²) in [5.74, 6) is 1.33. The Labute approximate surface area is 124 Å². The highest BCUT2D eigenvalue weighted by Crippen LogP contribution is 2.27. The smallest absolute Gasteiger partial charge is 0.274 e. The van der Waals surface area contributed by atoms with E-state index in [1.54, 1.807) is 0 Å². The molecule has 110 valence electrons. The highest BCUT2D eigenvalue weighted by molar-refractivity contribution is 5.93. The van der Waals surface area contributed by atoms with Gasteiger partial charge in [-0.2, -0.15) is 0 Å². The van der Waals surface area contributed by atoms with E-state index in [9.17, 15) is 4.79 Å². The zero-order chi connectivity index (χ0) is 14.8. The lowest BCUT2D eigenvalue weighted by atomic mass is 9.88. The average Bonchev–Trinajstić information content (AvgIpc) is 2.89. The molecule has 21 heavy (non-hydrogen) atoms. The lowest BCUT2D eigenvalue weighted by Crippen LogP contribution is -2.25. The van der Waals surface area contributed by atoms with Crippen molar-refractivity contribution in [3.8, 4) is 0 Å². The van der Waals surface area contributed by atoms with Crippen molar-refractivity contribution in [2.45, 2.75) is 39.7 Å². The van der Waals surface area contributed by atoms with Crippen LogP contribution in [0.15, 0.2) is 28.8 Å². The van der Waals surface area contributed by atoms with Crippen molar-refractivity contribution in [1.29, 1.82) is 0 Å². The summed E-state index contributed by atoms with van der Waals surface area (Å²) in [5, 5.41) is 6.93. The molecule has 1 atom stereocenters. The molecule has 0 spiro atoms. The number of carbonyl (C=O) groups is 1. The van der Waals surface area contributed by atoms with E-state index < -0.39 is 0 Å². The molecule has 0 saturated carbocycles. The lowest BCUT2D eigenvalue weighted by molar-refractivity contribution is 0.0941. The zero-order valence-corrected chi connectivity index (χ0v) is 12.5. The predicted molar refractivity (Wildman–Crippen MR) is 80.0 cm³/mol. The molecule has 0 saturated heterocycles. The Balaban J connectivity index is 1.72. The van der Waals surface area contributed by atoms with E-state index in [2.05, 4.69) is 17.4 Å². The van der Waals surface area contributed by atoms with Crippen molar-refractivity contribution in [2.24, 2.45) is 5.92 Å². The minimum Gasteiger partial charge on any atom is -0.360 e. The SMILES string of the molecule is Cc1ccccc1CNC(=O)c1noc2c1CC(C)CC2. The van der Waals surface area contributed by atoms with Crippen LogP contribution >= 0.6 is 0 Å². The highest BCUT2D eigenvalue weighted by atomic mass is 16.5. The lowest BCUT2D eigenvalue weighted by Gasteiger charge is -2.16. The molecule has 2 aromatic rings. The van der Waals surface area contributed by atoms with Crippen molar-refractivity contribution in [2.75, 3.05) is 0 Å². The van der Waals surface area contributed by atoms with Crippen molar-refractivity contribution >= 4 is 5.91 Å². The second kappa shape index (κ2) is 5.72. The second-order valence-corrected chi connectivity index (χ2v) is 5.89. The molecule has 4 nitrogen and oxygen atoms in total. The fraction of sp³-hybridized carbons (Fsp3) is 0.412. The number of rotatable bonds is 3. The van der Waals surface area contributed by atoms with E-state index in [0.29, 0.717) is 18.2 Å². The number of aryl methyl sites for hydroxylation is 2. The average molecular weight is 284 g/mol. The standard InChI is InChI=1S/C17H20N2O2/c1-11-7-8-15-14(9-11)16(19-21-15)17(20)18-10-13-6-4-3-5-12(13)2/h3-6,11H,7-10H2,1-2H3,(H,18,20). The van der Waals surface area contributed by atoms with Crippen LogP contribution in [0.4, 0.5) is 0 Å². The summed E-state index contributed by atoms with van der Waals surface area (Å²) in [6.45, 7) is 4.76. The number of hydrogen-bond donors (Lipinski definition) is 1.